The van der Waals surface area contributed by atoms with Gasteiger partial charge in [0, 0.05) is 48.2 Å². The van der Waals surface area contributed by atoms with Crippen LogP contribution >= 0.6 is 11.6 Å². The first kappa shape index (κ1) is 21.9. The lowest BCUT2D eigenvalue weighted by Crippen LogP contribution is -2.37. The van der Waals surface area contributed by atoms with Gasteiger partial charge in [-0.05, 0) is 43.9 Å². The highest BCUT2D eigenvalue weighted by molar-refractivity contribution is 6.30. The minimum Gasteiger partial charge on any atom is -0.379 e. The topological polar surface area (TPSA) is 60.5 Å². The molecule has 1 aromatic carbocycles. The fourth-order valence-corrected chi connectivity index (χ4v) is 4.34. The predicted octanol–water partition coefficient (Wildman–Crippen LogP) is 4.28. The molecule has 158 valence electrons. The Morgan fingerprint density at radius 1 is 1.14 bits per heavy atom. The number of carbonyl (C=O) groups excluding carboxylic acids is 1. The van der Waals surface area contributed by atoms with Crippen molar-refractivity contribution in [1.29, 1.82) is 0 Å². The summed E-state index contributed by atoms with van der Waals surface area (Å²) in [6, 6.07) is 7.71. The second kappa shape index (κ2) is 10.3. The zero-order valence-corrected chi connectivity index (χ0v) is 18.3. The first-order chi connectivity index (χ1) is 14.0. The van der Waals surface area contributed by atoms with Crippen LogP contribution in [-0.2, 0) is 17.7 Å². The number of morpholine rings is 1. The van der Waals surface area contributed by atoms with E-state index in [2.05, 4.69) is 16.4 Å². The first-order valence-corrected chi connectivity index (χ1v) is 11.0. The van der Waals surface area contributed by atoms with E-state index in [9.17, 15) is 4.79 Å². The summed E-state index contributed by atoms with van der Waals surface area (Å²) in [5.74, 6) is -0.364. The van der Waals surface area contributed by atoms with Crippen LogP contribution in [-0.4, -0.2) is 48.2 Å². The zero-order chi connectivity index (χ0) is 20.8. The zero-order valence-electron chi connectivity index (χ0n) is 17.5. The Bertz CT molecular complexity index is 824. The summed E-state index contributed by atoms with van der Waals surface area (Å²) < 4.78 is 7.76. The van der Waals surface area contributed by atoms with Crippen molar-refractivity contribution in [3.8, 4) is 11.1 Å². The van der Waals surface area contributed by atoms with Gasteiger partial charge < -0.3 is 15.0 Å². The molecular formula is C23H32ClN3O2. The van der Waals surface area contributed by atoms with Crippen LogP contribution in [0.5, 0.6) is 0 Å². The standard InChI is InChI=1S/C23H32ClN3O2/c1-3-4-6-20-22(18-7-9-19(24)10-8-18)21(23(25)28)17(2)27(20)12-5-11-26-13-15-29-16-14-26/h7-10H,3-6,11-16H2,1-2H3,(H2,25,28). The van der Waals surface area contributed by atoms with Crippen LogP contribution in [0.3, 0.4) is 0 Å². The van der Waals surface area contributed by atoms with Crippen molar-refractivity contribution in [3.63, 3.8) is 0 Å². The molecule has 29 heavy (non-hydrogen) atoms. The predicted molar refractivity (Wildman–Crippen MR) is 119 cm³/mol. The Kier molecular flexibility index (Phi) is 7.76. The fraction of sp³-hybridized carbons (Fsp3) is 0.522. The van der Waals surface area contributed by atoms with Crippen molar-refractivity contribution >= 4 is 17.5 Å². The molecule has 1 amide bonds. The quantitative estimate of drug-likeness (QED) is 0.662. The van der Waals surface area contributed by atoms with Gasteiger partial charge in [-0.1, -0.05) is 37.1 Å². The average Bonchev–Trinajstić information content (AvgIpc) is 2.99. The second-order valence-electron chi connectivity index (χ2n) is 7.72. The maximum atomic E-state index is 12.4. The molecule has 2 heterocycles. The summed E-state index contributed by atoms with van der Waals surface area (Å²) in [6.07, 6.45) is 4.14. The Balaban J connectivity index is 1.93. The smallest absolute Gasteiger partial charge is 0.251 e. The Hall–Kier alpha value is -1.82. The number of hydrogen-bond acceptors (Lipinski definition) is 3. The van der Waals surface area contributed by atoms with Crippen LogP contribution in [0.15, 0.2) is 24.3 Å². The molecule has 0 atom stereocenters. The summed E-state index contributed by atoms with van der Waals surface area (Å²) in [6.45, 7) is 9.76. The number of benzene rings is 1. The summed E-state index contributed by atoms with van der Waals surface area (Å²) in [7, 11) is 0. The van der Waals surface area contributed by atoms with E-state index in [0.29, 0.717) is 10.6 Å². The molecule has 5 nitrogen and oxygen atoms in total. The normalized spacial score (nSPS) is 15.0. The van der Waals surface area contributed by atoms with E-state index < -0.39 is 0 Å². The number of halogens is 1. The minimum absolute atomic E-state index is 0.364. The molecule has 3 rings (SSSR count). The Morgan fingerprint density at radius 3 is 2.45 bits per heavy atom. The van der Waals surface area contributed by atoms with Crippen LogP contribution < -0.4 is 5.73 Å². The van der Waals surface area contributed by atoms with E-state index in [4.69, 9.17) is 22.1 Å². The Morgan fingerprint density at radius 2 is 1.83 bits per heavy atom. The van der Waals surface area contributed by atoms with Crippen molar-refractivity contribution in [2.75, 3.05) is 32.8 Å². The highest BCUT2D eigenvalue weighted by Gasteiger charge is 2.24. The largest absolute Gasteiger partial charge is 0.379 e. The summed E-state index contributed by atoms with van der Waals surface area (Å²) in [5.41, 5.74) is 10.6. The van der Waals surface area contributed by atoms with Gasteiger partial charge in [-0.15, -0.1) is 0 Å². The van der Waals surface area contributed by atoms with Crippen LogP contribution in [0.4, 0.5) is 0 Å². The molecule has 1 aliphatic heterocycles. The van der Waals surface area contributed by atoms with Gasteiger partial charge in [-0.2, -0.15) is 0 Å². The number of unbranched alkanes of at least 4 members (excludes halogenated alkanes) is 1. The van der Waals surface area contributed by atoms with Gasteiger partial charge in [0.05, 0.1) is 18.8 Å². The highest BCUT2D eigenvalue weighted by Crippen LogP contribution is 2.34. The maximum absolute atomic E-state index is 12.4. The molecule has 0 unspecified atom stereocenters. The van der Waals surface area contributed by atoms with Crippen LogP contribution in [0.1, 0.15) is 47.9 Å². The van der Waals surface area contributed by atoms with Crippen molar-refractivity contribution in [2.45, 2.75) is 46.1 Å². The second-order valence-corrected chi connectivity index (χ2v) is 8.15. The third kappa shape index (κ3) is 5.21. The lowest BCUT2D eigenvalue weighted by atomic mass is 9.97. The van der Waals surface area contributed by atoms with E-state index in [0.717, 1.165) is 81.9 Å². The molecule has 2 aromatic rings. The number of nitrogens with zero attached hydrogens (tertiary/aromatic N) is 2. The summed E-state index contributed by atoms with van der Waals surface area (Å²) in [5, 5.41) is 0.686. The third-order valence-corrected chi connectivity index (χ3v) is 5.99. The molecule has 0 saturated carbocycles. The van der Waals surface area contributed by atoms with Crippen molar-refractivity contribution < 1.29 is 9.53 Å². The lowest BCUT2D eigenvalue weighted by Gasteiger charge is -2.26. The summed E-state index contributed by atoms with van der Waals surface area (Å²) in [4.78, 5) is 14.9. The molecule has 0 bridgehead atoms. The summed E-state index contributed by atoms with van der Waals surface area (Å²) >= 11 is 6.09. The number of amides is 1. The molecule has 2 N–H and O–H groups in total. The first-order valence-electron chi connectivity index (χ1n) is 10.6. The minimum atomic E-state index is -0.364. The number of rotatable bonds is 9. The molecule has 0 aliphatic carbocycles. The number of nitrogens with two attached hydrogens (primary N) is 1. The van der Waals surface area contributed by atoms with Gasteiger partial charge in [-0.3, -0.25) is 9.69 Å². The van der Waals surface area contributed by atoms with Crippen molar-refractivity contribution in [1.82, 2.24) is 9.47 Å². The molecule has 1 aromatic heterocycles. The van der Waals surface area contributed by atoms with Gasteiger partial charge in [0.1, 0.15) is 0 Å². The van der Waals surface area contributed by atoms with Gasteiger partial charge in [-0.25, -0.2) is 0 Å². The van der Waals surface area contributed by atoms with E-state index in [1.54, 1.807) is 0 Å². The third-order valence-electron chi connectivity index (χ3n) is 5.74. The van der Waals surface area contributed by atoms with Crippen molar-refractivity contribution in [2.24, 2.45) is 5.73 Å². The van der Waals surface area contributed by atoms with Crippen molar-refractivity contribution in [3.05, 3.63) is 46.2 Å². The highest BCUT2D eigenvalue weighted by atomic mass is 35.5. The van der Waals surface area contributed by atoms with Crippen LogP contribution in [0, 0.1) is 6.92 Å². The number of aromatic nitrogens is 1. The van der Waals surface area contributed by atoms with E-state index >= 15 is 0 Å². The molecule has 1 saturated heterocycles. The Labute approximate surface area is 178 Å². The molecule has 0 spiro atoms. The molecule has 0 radical (unpaired) electrons. The number of hydrogen-bond donors (Lipinski definition) is 1. The molecular weight excluding hydrogens is 386 g/mol. The van der Waals surface area contributed by atoms with Gasteiger partial charge in [0.15, 0.2) is 0 Å². The van der Waals surface area contributed by atoms with E-state index in [-0.39, 0.29) is 5.91 Å². The average molecular weight is 418 g/mol. The fourth-order valence-electron chi connectivity index (χ4n) is 4.21. The monoisotopic (exact) mass is 417 g/mol. The molecule has 1 fully saturated rings. The maximum Gasteiger partial charge on any atom is 0.251 e. The van der Waals surface area contributed by atoms with Gasteiger partial charge in [0.25, 0.3) is 5.91 Å². The van der Waals surface area contributed by atoms with Gasteiger partial charge in [0.2, 0.25) is 0 Å². The van der Waals surface area contributed by atoms with Gasteiger partial charge >= 0.3 is 0 Å². The molecule has 6 heteroatoms. The number of ether oxygens (including phenoxy) is 1. The number of carbonyl (C=O) groups is 1. The lowest BCUT2D eigenvalue weighted by molar-refractivity contribution is 0.0369. The SMILES string of the molecule is CCCCc1c(-c2ccc(Cl)cc2)c(C(N)=O)c(C)n1CCCN1CCOCC1. The number of primary amides is 1. The van der Waals surface area contributed by atoms with Crippen LogP contribution in [0.25, 0.3) is 11.1 Å². The molecule has 1 aliphatic rings. The van der Waals surface area contributed by atoms with E-state index in [1.807, 2.05) is 31.2 Å². The van der Waals surface area contributed by atoms with Crippen LogP contribution in [0.2, 0.25) is 5.02 Å². The van der Waals surface area contributed by atoms with E-state index in [1.165, 1.54) is 5.69 Å².